The van der Waals surface area contributed by atoms with Crippen molar-refractivity contribution in [3.8, 4) is 0 Å². The topological polar surface area (TPSA) is 15.3 Å². The van der Waals surface area contributed by atoms with Crippen LogP contribution in [-0.4, -0.2) is 48.1 Å². The van der Waals surface area contributed by atoms with Crippen LogP contribution in [0.5, 0.6) is 0 Å². The maximum Gasteiger partial charge on any atom is 0.0277 e. The molecular formula is C12H26N2S. The fourth-order valence-corrected chi connectivity index (χ4v) is 2.76. The van der Waals surface area contributed by atoms with E-state index < -0.39 is 0 Å². The van der Waals surface area contributed by atoms with E-state index in [0.29, 0.717) is 5.54 Å². The van der Waals surface area contributed by atoms with Crippen LogP contribution in [-0.2, 0) is 0 Å². The van der Waals surface area contributed by atoms with E-state index >= 15 is 0 Å². The lowest BCUT2D eigenvalue weighted by Crippen LogP contribution is -2.48. The zero-order chi connectivity index (χ0) is 11.1. The van der Waals surface area contributed by atoms with Crippen molar-refractivity contribution in [1.29, 1.82) is 0 Å². The number of nitrogens with zero attached hydrogens (tertiary/aromatic N) is 1. The van der Waals surface area contributed by atoms with Crippen molar-refractivity contribution in [2.75, 3.05) is 37.7 Å². The van der Waals surface area contributed by atoms with E-state index in [-0.39, 0.29) is 0 Å². The van der Waals surface area contributed by atoms with Gasteiger partial charge in [0.1, 0.15) is 0 Å². The van der Waals surface area contributed by atoms with E-state index in [4.69, 9.17) is 0 Å². The predicted molar refractivity (Wildman–Crippen MR) is 70.8 cm³/mol. The molecule has 1 atom stereocenters. The molecule has 1 aliphatic rings. The molecule has 1 N–H and O–H groups in total. The van der Waals surface area contributed by atoms with Crippen LogP contribution in [0.4, 0.5) is 0 Å². The molecule has 1 heterocycles. The third-order valence-electron chi connectivity index (χ3n) is 3.31. The molecule has 0 bridgehead atoms. The first-order valence-corrected chi connectivity index (χ1v) is 7.41. The van der Waals surface area contributed by atoms with Gasteiger partial charge in [0, 0.05) is 24.4 Å². The molecule has 1 fully saturated rings. The second-order valence-electron chi connectivity index (χ2n) is 4.67. The fourth-order valence-electron chi connectivity index (χ4n) is 2.09. The van der Waals surface area contributed by atoms with Crippen molar-refractivity contribution < 1.29 is 0 Å². The SMILES string of the molecule is CCSCCN1CCCNC(C)(CC)C1. The Labute approximate surface area is 99.2 Å². The first kappa shape index (κ1) is 13.3. The predicted octanol–water partition coefficient (Wildman–Crippen LogP) is 2.20. The normalized spacial score (nSPS) is 29.0. The van der Waals surface area contributed by atoms with Crippen LogP contribution in [0.15, 0.2) is 0 Å². The molecule has 1 saturated heterocycles. The molecule has 15 heavy (non-hydrogen) atoms. The van der Waals surface area contributed by atoms with Gasteiger partial charge in [0.05, 0.1) is 0 Å². The number of hydrogen-bond donors (Lipinski definition) is 1. The lowest BCUT2D eigenvalue weighted by molar-refractivity contribution is 0.225. The summed E-state index contributed by atoms with van der Waals surface area (Å²) in [4.78, 5) is 2.63. The molecule has 0 radical (unpaired) electrons. The summed E-state index contributed by atoms with van der Waals surface area (Å²) in [5.74, 6) is 2.54. The van der Waals surface area contributed by atoms with E-state index in [0.717, 1.165) is 0 Å². The van der Waals surface area contributed by atoms with Crippen LogP contribution in [0.2, 0.25) is 0 Å². The van der Waals surface area contributed by atoms with Gasteiger partial charge in [-0.1, -0.05) is 13.8 Å². The highest BCUT2D eigenvalue weighted by Crippen LogP contribution is 2.15. The van der Waals surface area contributed by atoms with E-state index in [9.17, 15) is 0 Å². The van der Waals surface area contributed by atoms with Crippen molar-refractivity contribution in [1.82, 2.24) is 10.2 Å². The Morgan fingerprint density at radius 2 is 2.20 bits per heavy atom. The average molecular weight is 230 g/mol. The largest absolute Gasteiger partial charge is 0.310 e. The van der Waals surface area contributed by atoms with Crippen LogP contribution in [0.3, 0.4) is 0 Å². The third kappa shape index (κ3) is 4.75. The highest BCUT2D eigenvalue weighted by molar-refractivity contribution is 7.99. The second kappa shape index (κ2) is 6.77. The minimum Gasteiger partial charge on any atom is -0.310 e. The number of rotatable bonds is 5. The first-order valence-electron chi connectivity index (χ1n) is 6.25. The van der Waals surface area contributed by atoms with Crippen molar-refractivity contribution in [3.63, 3.8) is 0 Å². The molecule has 90 valence electrons. The maximum absolute atomic E-state index is 3.68. The summed E-state index contributed by atoms with van der Waals surface area (Å²) in [6.45, 7) is 11.8. The van der Waals surface area contributed by atoms with Gasteiger partial charge in [0.25, 0.3) is 0 Å². The van der Waals surface area contributed by atoms with E-state index in [1.165, 1.54) is 50.5 Å². The van der Waals surface area contributed by atoms with Gasteiger partial charge in [-0.25, -0.2) is 0 Å². The van der Waals surface area contributed by atoms with E-state index in [1.54, 1.807) is 0 Å². The third-order valence-corrected chi connectivity index (χ3v) is 4.19. The number of hydrogen-bond acceptors (Lipinski definition) is 3. The fraction of sp³-hybridized carbons (Fsp3) is 1.00. The summed E-state index contributed by atoms with van der Waals surface area (Å²) in [6.07, 6.45) is 2.52. The average Bonchev–Trinajstić information content (AvgIpc) is 2.42. The van der Waals surface area contributed by atoms with E-state index in [1.807, 2.05) is 0 Å². The lowest BCUT2D eigenvalue weighted by Gasteiger charge is -2.32. The molecular weight excluding hydrogens is 204 g/mol. The molecule has 0 aromatic carbocycles. The Hall–Kier alpha value is 0.270. The summed E-state index contributed by atoms with van der Waals surface area (Å²) in [7, 11) is 0. The van der Waals surface area contributed by atoms with Gasteiger partial charge in [-0.2, -0.15) is 11.8 Å². The van der Waals surface area contributed by atoms with Gasteiger partial charge < -0.3 is 10.2 Å². The monoisotopic (exact) mass is 230 g/mol. The Morgan fingerprint density at radius 1 is 1.40 bits per heavy atom. The van der Waals surface area contributed by atoms with Gasteiger partial charge in [0.15, 0.2) is 0 Å². The highest BCUT2D eigenvalue weighted by atomic mass is 32.2. The molecule has 0 aromatic rings. The van der Waals surface area contributed by atoms with Crippen LogP contribution < -0.4 is 5.32 Å². The van der Waals surface area contributed by atoms with Crippen LogP contribution >= 0.6 is 11.8 Å². The Morgan fingerprint density at radius 3 is 2.87 bits per heavy atom. The Bertz CT molecular complexity index is 175. The minimum atomic E-state index is 0.341. The van der Waals surface area contributed by atoms with Crippen LogP contribution in [0.1, 0.15) is 33.6 Å². The number of nitrogens with one attached hydrogen (secondary N) is 1. The summed E-state index contributed by atoms with van der Waals surface area (Å²) < 4.78 is 0. The molecule has 0 aromatic heterocycles. The van der Waals surface area contributed by atoms with E-state index in [2.05, 4.69) is 42.7 Å². The number of thioether (sulfide) groups is 1. The maximum atomic E-state index is 3.68. The Kier molecular flexibility index (Phi) is 6.02. The van der Waals surface area contributed by atoms with Crippen molar-refractivity contribution in [2.45, 2.75) is 39.2 Å². The van der Waals surface area contributed by atoms with Crippen LogP contribution in [0, 0.1) is 0 Å². The molecule has 0 saturated carbocycles. The summed E-state index contributed by atoms with van der Waals surface area (Å²) >= 11 is 2.05. The van der Waals surface area contributed by atoms with Gasteiger partial charge in [-0.3, -0.25) is 0 Å². The molecule has 0 amide bonds. The van der Waals surface area contributed by atoms with Gasteiger partial charge >= 0.3 is 0 Å². The minimum absolute atomic E-state index is 0.341. The molecule has 2 nitrogen and oxygen atoms in total. The molecule has 1 unspecified atom stereocenters. The molecule has 0 spiro atoms. The van der Waals surface area contributed by atoms with Crippen molar-refractivity contribution >= 4 is 11.8 Å². The summed E-state index contributed by atoms with van der Waals surface area (Å²) in [6, 6.07) is 0. The molecule has 1 aliphatic heterocycles. The summed E-state index contributed by atoms with van der Waals surface area (Å²) in [5, 5.41) is 3.68. The second-order valence-corrected chi connectivity index (χ2v) is 6.06. The summed E-state index contributed by atoms with van der Waals surface area (Å²) in [5.41, 5.74) is 0.341. The van der Waals surface area contributed by atoms with Crippen molar-refractivity contribution in [3.05, 3.63) is 0 Å². The molecule has 1 rings (SSSR count). The van der Waals surface area contributed by atoms with Gasteiger partial charge in [0.2, 0.25) is 0 Å². The standard InChI is InChI=1S/C12H26N2S/c1-4-12(3)11-14(8-6-7-13-12)9-10-15-5-2/h13H,4-11H2,1-3H3. The zero-order valence-electron chi connectivity index (χ0n) is 10.5. The molecule has 0 aliphatic carbocycles. The van der Waals surface area contributed by atoms with Crippen LogP contribution in [0.25, 0.3) is 0 Å². The Balaban J connectivity index is 2.36. The lowest BCUT2D eigenvalue weighted by atomic mass is 9.99. The van der Waals surface area contributed by atoms with Gasteiger partial charge in [-0.15, -0.1) is 0 Å². The quantitative estimate of drug-likeness (QED) is 0.729. The molecule has 3 heteroatoms. The smallest absolute Gasteiger partial charge is 0.0277 e. The van der Waals surface area contributed by atoms with Gasteiger partial charge in [-0.05, 0) is 38.6 Å². The highest BCUT2D eigenvalue weighted by Gasteiger charge is 2.26. The zero-order valence-corrected chi connectivity index (χ0v) is 11.3. The first-order chi connectivity index (χ1) is 7.20. The van der Waals surface area contributed by atoms with Crippen molar-refractivity contribution in [2.24, 2.45) is 0 Å².